The van der Waals surface area contributed by atoms with Crippen molar-refractivity contribution in [2.45, 2.75) is 9.92 Å². The first kappa shape index (κ1) is 18.3. The molecule has 3 N–H and O–H groups in total. The Morgan fingerprint density at radius 2 is 2.11 bits per heavy atom. The summed E-state index contributed by atoms with van der Waals surface area (Å²) in [6, 6.07) is 7.78. The van der Waals surface area contributed by atoms with Gasteiger partial charge in [-0.05, 0) is 24.3 Å². The molecule has 0 amide bonds. The number of aryl methyl sites for hydroxylation is 1. The summed E-state index contributed by atoms with van der Waals surface area (Å²) in [5.41, 5.74) is 7.08. The van der Waals surface area contributed by atoms with Gasteiger partial charge in [0.15, 0.2) is 5.82 Å². The van der Waals surface area contributed by atoms with Gasteiger partial charge in [-0.15, -0.1) is 0 Å². The average molecular weight is 418 g/mol. The van der Waals surface area contributed by atoms with Gasteiger partial charge >= 0.3 is 5.97 Å². The second kappa shape index (κ2) is 6.84. The Morgan fingerprint density at radius 3 is 2.79 bits per heavy atom. The van der Waals surface area contributed by atoms with Crippen molar-refractivity contribution < 1.29 is 14.3 Å². The normalized spacial score (nSPS) is 11.2. The molecule has 0 atom stereocenters. The van der Waals surface area contributed by atoms with E-state index in [4.69, 9.17) is 22.4 Å². The molecule has 1 aromatic carbocycles. The first-order valence-electron chi connectivity index (χ1n) is 8.02. The second-order valence-electron chi connectivity index (χ2n) is 5.95. The van der Waals surface area contributed by atoms with E-state index in [1.54, 1.807) is 42.3 Å². The summed E-state index contributed by atoms with van der Waals surface area (Å²) in [5.74, 6) is -1.46. The highest BCUT2D eigenvalue weighted by Crippen LogP contribution is 2.43. The molecule has 4 aromatic rings. The second-order valence-corrected chi connectivity index (χ2v) is 7.39. The third-order valence-corrected chi connectivity index (χ3v) is 5.47. The van der Waals surface area contributed by atoms with Crippen molar-refractivity contribution in [1.82, 2.24) is 19.3 Å². The summed E-state index contributed by atoms with van der Waals surface area (Å²) in [6.45, 7) is 0. The number of rotatable bonds is 4. The lowest BCUT2D eigenvalue weighted by Gasteiger charge is -2.06. The van der Waals surface area contributed by atoms with Gasteiger partial charge < -0.3 is 10.8 Å². The molecule has 0 unspecified atom stereocenters. The SMILES string of the molecule is Cn1cc(-n2c(N)c(Sc3cccc(C(=O)O)n3)c3ccc(Cl)c(F)c32)cn1. The van der Waals surface area contributed by atoms with Crippen molar-refractivity contribution in [3.05, 3.63) is 59.3 Å². The van der Waals surface area contributed by atoms with Crippen molar-refractivity contribution in [2.24, 2.45) is 7.05 Å². The number of anilines is 1. The first-order chi connectivity index (χ1) is 13.4. The van der Waals surface area contributed by atoms with E-state index in [1.807, 2.05) is 0 Å². The Morgan fingerprint density at radius 1 is 1.32 bits per heavy atom. The number of pyridine rings is 1. The predicted molar refractivity (Wildman–Crippen MR) is 105 cm³/mol. The molecule has 28 heavy (non-hydrogen) atoms. The van der Waals surface area contributed by atoms with Gasteiger partial charge in [0, 0.05) is 18.6 Å². The molecule has 4 rings (SSSR count). The van der Waals surface area contributed by atoms with Gasteiger partial charge in [0.2, 0.25) is 0 Å². The van der Waals surface area contributed by atoms with Crippen LogP contribution in [0.5, 0.6) is 0 Å². The minimum absolute atomic E-state index is 0.0299. The van der Waals surface area contributed by atoms with E-state index < -0.39 is 11.8 Å². The van der Waals surface area contributed by atoms with Crippen LogP contribution in [0.4, 0.5) is 10.2 Å². The van der Waals surface area contributed by atoms with Crippen LogP contribution < -0.4 is 5.73 Å². The number of hydrogen-bond donors (Lipinski definition) is 2. The minimum Gasteiger partial charge on any atom is -0.477 e. The highest BCUT2D eigenvalue weighted by Gasteiger charge is 2.23. The summed E-state index contributed by atoms with van der Waals surface area (Å²) in [4.78, 5) is 15.8. The van der Waals surface area contributed by atoms with Crippen molar-refractivity contribution in [1.29, 1.82) is 0 Å². The van der Waals surface area contributed by atoms with E-state index in [0.29, 0.717) is 21.0 Å². The van der Waals surface area contributed by atoms with Crippen LogP contribution in [0.1, 0.15) is 10.5 Å². The largest absolute Gasteiger partial charge is 0.477 e. The van der Waals surface area contributed by atoms with Gasteiger partial charge in [-0.1, -0.05) is 29.4 Å². The van der Waals surface area contributed by atoms with Crippen LogP contribution in [0.25, 0.3) is 16.6 Å². The maximum atomic E-state index is 14.9. The monoisotopic (exact) mass is 417 g/mol. The van der Waals surface area contributed by atoms with Crippen molar-refractivity contribution >= 4 is 46.1 Å². The van der Waals surface area contributed by atoms with Crippen LogP contribution in [-0.2, 0) is 7.05 Å². The fraction of sp³-hybridized carbons (Fsp3) is 0.0556. The van der Waals surface area contributed by atoms with Crippen LogP contribution >= 0.6 is 23.4 Å². The molecule has 0 aliphatic carbocycles. The van der Waals surface area contributed by atoms with E-state index in [0.717, 1.165) is 11.8 Å². The molecular weight excluding hydrogens is 405 g/mol. The number of carboxylic acids is 1. The minimum atomic E-state index is -1.13. The summed E-state index contributed by atoms with van der Waals surface area (Å²) in [5, 5.41) is 14.2. The number of hydrogen-bond acceptors (Lipinski definition) is 5. The van der Waals surface area contributed by atoms with Gasteiger partial charge in [-0.2, -0.15) is 5.10 Å². The predicted octanol–water partition coefficient (Wildman–Crippen LogP) is 3.98. The molecule has 0 aliphatic heterocycles. The van der Waals surface area contributed by atoms with Gasteiger partial charge in [-0.25, -0.2) is 14.2 Å². The number of benzene rings is 1. The maximum Gasteiger partial charge on any atom is 0.354 e. The van der Waals surface area contributed by atoms with Crippen molar-refractivity contribution in [3.63, 3.8) is 0 Å². The number of aromatic nitrogens is 4. The number of nitrogen functional groups attached to an aromatic ring is 1. The van der Waals surface area contributed by atoms with Crippen LogP contribution in [-0.4, -0.2) is 30.4 Å². The molecule has 0 fully saturated rings. The van der Waals surface area contributed by atoms with Gasteiger partial charge in [0.25, 0.3) is 0 Å². The lowest BCUT2D eigenvalue weighted by molar-refractivity contribution is 0.0689. The average Bonchev–Trinajstić information content (AvgIpc) is 3.20. The molecular formula is C18H13ClFN5O2S. The van der Waals surface area contributed by atoms with Crippen LogP contribution in [0.3, 0.4) is 0 Å². The molecule has 7 nitrogen and oxygen atoms in total. The Labute approximate surface area is 167 Å². The highest BCUT2D eigenvalue weighted by molar-refractivity contribution is 7.99. The van der Waals surface area contributed by atoms with E-state index in [-0.39, 0.29) is 22.1 Å². The number of nitrogens with zero attached hydrogens (tertiary/aromatic N) is 4. The topological polar surface area (TPSA) is 99.0 Å². The summed E-state index contributed by atoms with van der Waals surface area (Å²) in [7, 11) is 1.74. The third kappa shape index (κ3) is 2.98. The summed E-state index contributed by atoms with van der Waals surface area (Å²) < 4.78 is 18.0. The molecule has 3 aromatic heterocycles. The molecule has 0 spiro atoms. The smallest absolute Gasteiger partial charge is 0.354 e. The maximum absolute atomic E-state index is 14.9. The first-order valence-corrected chi connectivity index (χ1v) is 9.21. The number of carbonyl (C=O) groups is 1. The Bertz CT molecular complexity index is 1240. The number of aromatic carboxylic acids is 1. The molecule has 0 aliphatic rings. The molecule has 0 saturated heterocycles. The van der Waals surface area contributed by atoms with Crippen LogP contribution in [0, 0.1) is 5.82 Å². The lowest BCUT2D eigenvalue weighted by atomic mass is 10.2. The molecule has 0 radical (unpaired) electrons. The van der Waals surface area contributed by atoms with Crippen molar-refractivity contribution in [3.8, 4) is 5.69 Å². The lowest BCUT2D eigenvalue weighted by Crippen LogP contribution is -2.01. The Kier molecular flexibility index (Phi) is 4.48. The molecule has 0 saturated carbocycles. The fourth-order valence-corrected chi connectivity index (χ4v) is 4.02. The summed E-state index contributed by atoms with van der Waals surface area (Å²) >= 11 is 7.15. The van der Waals surface area contributed by atoms with E-state index >= 15 is 0 Å². The highest BCUT2D eigenvalue weighted by atomic mass is 35.5. The molecule has 3 heterocycles. The van der Waals surface area contributed by atoms with E-state index in [2.05, 4.69) is 10.1 Å². The third-order valence-electron chi connectivity index (χ3n) is 4.11. The summed E-state index contributed by atoms with van der Waals surface area (Å²) in [6.07, 6.45) is 3.27. The van der Waals surface area contributed by atoms with Crippen LogP contribution in [0.15, 0.2) is 52.6 Å². The Hall–Kier alpha value is -3.04. The number of halogens is 2. The quantitative estimate of drug-likeness (QED) is 0.521. The molecule has 0 bridgehead atoms. The standard InChI is InChI=1S/C18H13ClFN5O2S/c1-24-8-9(7-22-24)25-15-10(5-6-11(19)14(15)20)16(17(25)21)28-13-4-2-3-12(23-13)18(26)27/h2-8H,21H2,1H3,(H,26,27). The number of fused-ring (bicyclic) bond motifs is 1. The zero-order valence-corrected chi connectivity index (χ0v) is 16.0. The zero-order chi connectivity index (χ0) is 20.0. The fourth-order valence-electron chi connectivity index (χ4n) is 2.90. The molecule has 10 heteroatoms. The zero-order valence-electron chi connectivity index (χ0n) is 14.4. The van der Waals surface area contributed by atoms with Gasteiger partial charge in [-0.3, -0.25) is 9.25 Å². The molecule has 142 valence electrons. The van der Waals surface area contributed by atoms with E-state index in [9.17, 15) is 9.18 Å². The van der Waals surface area contributed by atoms with Crippen molar-refractivity contribution in [2.75, 3.05) is 5.73 Å². The Balaban J connectivity index is 1.95. The van der Waals surface area contributed by atoms with Gasteiger partial charge in [0.05, 0.1) is 27.3 Å². The van der Waals surface area contributed by atoms with E-state index in [1.165, 1.54) is 16.7 Å². The van der Waals surface area contributed by atoms with Crippen LogP contribution in [0.2, 0.25) is 5.02 Å². The number of carboxylic acid groups (broad SMARTS) is 1. The number of nitrogens with two attached hydrogens (primary N) is 1. The van der Waals surface area contributed by atoms with Gasteiger partial charge in [0.1, 0.15) is 16.5 Å².